The molecule has 19 heavy (non-hydrogen) atoms. The zero-order chi connectivity index (χ0) is 13.2. The van der Waals surface area contributed by atoms with Crippen LogP contribution in [0.5, 0.6) is 0 Å². The highest BCUT2D eigenvalue weighted by molar-refractivity contribution is 7.99. The molecule has 3 atom stereocenters. The minimum Gasteiger partial charge on any atom is -0.352 e. The van der Waals surface area contributed by atoms with Crippen LogP contribution in [-0.2, 0) is 4.79 Å². The molecule has 0 bridgehead atoms. The molecule has 1 aliphatic carbocycles. The summed E-state index contributed by atoms with van der Waals surface area (Å²) in [6, 6.07) is 8.52. The Balaban J connectivity index is 1.69. The molecule has 1 aromatic rings. The normalized spacial score (nSPS) is 29.2. The maximum atomic E-state index is 12.5. The third-order valence-electron chi connectivity index (χ3n) is 4.31. The summed E-state index contributed by atoms with van der Waals surface area (Å²) in [5.74, 6) is 1.53. The van der Waals surface area contributed by atoms with Crippen molar-refractivity contribution in [3.05, 3.63) is 29.8 Å². The number of fused-ring (bicyclic) bond motifs is 1. The van der Waals surface area contributed by atoms with Crippen LogP contribution in [0.15, 0.2) is 29.2 Å². The van der Waals surface area contributed by atoms with Gasteiger partial charge in [0, 0.05) is 16.7 Å². The second kappa shape index (κ2) is 5.55. The van der Waals surface area contributed by atoms with Crippen LogP contribution in [0.1, 0.15) is 30.7 Å². The zero-order valence-electron chi connectivity index (χ0n) is 11.0. The number of rotatable bonds is 3. The summed E-state index contributed by atoms with van der Waals surface area (Å²) in [4.78, 5) is 13.7. The number of hydrogen-bond donors (Lipinski definition) is 2. The SMILES string of the molecule is NCC1CCCC1NC(=O)C1CSc2ccccc21. The first-order valence-corrected chi connectivity index (χ1v) is 8.00. The second-order valence-electron chi connectivity index (χ2n) is 5.44. The van der Waals surface area contributed by atoms with E-state index in [1.165, 1.54) is 16.9 Å². The van der Waals surface area contributed by atoms with Crippen molar-refractivity contribution in [2.75, 3.05) is 12.3 Å². The number of thioether (sulfide) groups is 1. The summed E-state index contributed by atoms with van der Waals surface area (Å²) in [5.41, 5.74) is 6.96. The third kappa shape index (κ3) is 2.51. The lowest BCUT2D eigenvalue weighted by molar-refractivity contribution is -0.123. The fourth-order valence-corrected chi connectivity index (χ4v) is 4.40. The van der Waals surface area contributed by atoms with Gasteiger partial charge in [-0.1, -0.05) is 24.6 Å². The Kier molecular flexibility index (Phi) is 3.80. The van der Waals surface area contributed by atoms with E-state index in [1.807, 2.05) is 12.1 Å². The number of nitrogens with one attached hydrogen (secondary N) is 1. The molecule has 4 heteroatoms. The molecule has 1 saturated carbocycles. The predicted octanol–water partition coefficient (Wildman–Crippen LogP) is 2.12. The fraction of sp³-hybridized carbons (Fsp3) is 0.533. The molecule has 3 N–H and O–H groups in total. The molecule has 3 unspecified atom stereocenters. The maximum absolute atomic E-state index is 12.5. The summed E-state index contributed by atoms with van der Waals surface area (Å²) in [6.07, 6.45) is 3.41. The quantitative estimate of drug-likeness (QED) is 0.889. The summed E-state index contributed by atoms with van der Waals surface area (Å²) >= 11 is 1.78. The molecule has 1 aliphatic heterocycles. The number of amides is 1. The number of nitrogens with two attached hydrogens (primary N) is 1. The van der Waals surface area contributed by atoms with E-state index in [2.05, 4.69) is 17.4 Å². The smallest absolute Gasteiger partial charge is 0.228 e. The van der Waals surface area contributed by atoms with Gasteiger partial charge in [-0.15, -0.1) is 11.8 Å². The Labute approximate surface area is 118 Å². The lowest BCUT2D eigenvalue weighted by Crippen LogP contribution is -2.42. The molecular weight excluding hydrogens is 256 g/mol. The van der Waals surface area contributed by atoms with Gasteiger partial charge in [-0.25, -0.2) is 0 Å². The van der Waals surface area contributed by atoms with Crippen LogP contribution in [0.4, 0.5) is 0 Å². The van der Waals surface area contributed by atoms with Crippen LogP contribution in [-0.4, -0.2) is 24.2 Å². The third-order valence-corrected chi connectivity index (χ3v) is 5.49. The molecule has 1 aromatic carbocycles. The van der Waals surface area contributed by atoms with Gasteiger partial charge in [0.2, 0.25) is 5.91 Å². The standard InChI is InChI=1S/C15H20N2OS/c16-8-10-4-3-6-13(10)17-15(18)12-9-19-14-7-2-1-5-11(12)14/h1-2,5,7,10,12-13H,3-4,6,8-9,16H2,(H,17,18). The summed E-state index contributed by atoms with van der Waals surface area (Å²) in [6.45, 7) is 0.681. The highest BCUT2D eigenvalue weighted by atomic mass is 32.2. The first kappa shape index (κ1) is 13.0. The van der Waals surface area contributed by atoms with E-state index in [-0.39, 0.29) is 17.9 Å². The Morgan fingerprint density at radius 1 is 1.37 bits per heavy atom. The Morgan fingerprint density at radius 3 is 3.05 bits per heavy atom. The van der Waals surface area contributed by atoms with Crippen molar-refractivity contribution in [3.63, 3.8) is 0 Å². The van der Waals surface area contributed by atoms with Gasteiger partial charge < -0.3 is 11.1 Å². The monoisotopic (exact) mass is 276 g/mol. The Hall–Kier alpha value is -1.00. The molecule has 0 saturated heterocycles. The van der Waals surface area contributed by atoms with Crippen molar-refractivity contribution in [2.24, 2.45) is 11.7 Å². The van der Waals surface area contributed by atoms with E-state index in [4.69, 9.17) is 5.73 Å². The van der Waals surface area contributed by atoms with Crippen LogP contribution >= 0.6 is 11.8 Å². The average Bonchev–Trinajstić information content (AvgIpc) is 3.04. The van der Waals surface area contributed by atoms with Crippen LogP contribution in [0.25, 0.3) is 0 Å². The van der Waals surface area contributed by atoms with E-state index < -0.39 is 0 Å². The first-order chi connectivity index (χ1) is 9.29. The van der Waals surface area contributed by atoms with Crippen LogP contribution in [0.3, 0.4) is 0 Å². The van der Waals surface area contributed by atoms with E-state index in [9.17, 15) is 4.79 Å². The van der Waals surface area contributed by atoms with Gasteiger partial charge in [0.1, 0.15) is 0 Å². The molecule has 1 fully saturated rings. The topological polar surface area (TPSA) is 55.1 Å². The molecular formula is C15H20N2OS. The highest BCUT2D eigenvalue weighted by Gasteiger charge is 2.33. The highest BCUT2D eigenvalue weighted by Crippen LogP contribution is 2.39. The van der Waals surface area contributed by atoms with Crippen molar-refractivity contribution >= 4 is 17.7 Å². The Bertz CT molecular complexity index is 477. The van der Waals surface area contributed by atoms with Gasteiger partial charge in [0.15, 0.2) is 0 Å². The number of hydrogen-bond acceptors (Lipinski definition) is 3. The van der Waals surface area contributed by atoms with Crippen molar-refractivity contribution in [3.8, 4) is 0 Å². The predicted molar refractivity (Wildman–Crippen MR) is 78.2 cm³/mol. The van der Waals surface area contributed by atoms with Gasteiger partial charge in [0.05, 0.1) is 5.92 Å². The van der Waals surface area contributed by atoms with Gasteiger partial charge in [-0.3, -0.25) is 4.79 Å². The molecule has 3 rings (SSSR count). The van der Waals surface area contributed by atoms with Crippen LogP contribution < -0.4 is 11.1 Å². The number of benzene rings is 1. The van der Waals surface area contributed by atoms with Crippen molar-refractivity contribution < 1.29 is 4.79 Å². The van der Waals surface area contributed by atoms with E-state index in [1.54, 1.807) is 11.8 Å². The number of carbonyl (C=O) groups excluding carboxylic acids is 1. The van der Waals surface area contributed by atoms with Crippen molar-refractivity contribution in [1.29, 1.82) is 0 Å². The van der Waals surface area contributed by atoms with Gasteiger partial charge >= 0.3 is 0 Å². The first-order valence-electron chi connectivity index (χ1n) is 7.01. The average molecular weight is 276 g/mol. The van der Waals surface area contributed by atoms with Gasteiger partial charge in [0.25, 0.3) is 0 Å². The Morgan fingerprint density at radius 2 is 2.21 bits per heavy atom. The molecule has 1 amide bonds. The molecule has 1 heterocycles. The molecule has 2 aliphatic rings. The maximum Gasteiger partial charge on any atom is 0.228 e. The van der Waals surface area contributed by atoms with Gasteiger partial charge in [-0.2, -0.15) is 0 Å². The molecule has 102 valence electrons. The summed E-state index contributed by atoms with van der Waals surface area (Å²) in [5, 5.41) is 3.23. The molecule has 0 spiro atoms. The van der Waals surface area contributed by atoms with E-state index >= 15 is 0 Å². The summed E-state index contributed by atoms with van der Waals surface area (Å²) < 4.78 is 0. The largest absolute Gasteiger partial charge is 0.352 e. The van der Waals surface area contributed by atoms with Crippen LogP contribution in [0.2, 0.25) is 0 Å². The number of carbonyl (C=O) groups is 1. The van der Waals surface area contributed by atoms with Crippen molar-refractivity contribution in [1.82, 2.24) is 5.32 Å². The lowest BCUT2D eigenvalue weighted by atomic mass is 9.98. The van der Waals surface area contributed by atoms with Crippen molar-refractivity contribution in [2.45, 2.75) is 36.1 Å². The van der Waals surface area contributed by atoms with Crippen LogP contribution in [0, 0.1) is 5.92 Å². The fourth-order valence-electron chi connectivity index (χ4n) is 3.17. The van der Waals surface area contributed by atoms with E-state index in [0.717, 1.165) is 18.6 Å². The van der Waals surface area contributed by atoms with Gasteiger partial charge in [-0.05, 0) is 36.9 Å². The lowest BCUT2D eigenvalue weighted by Gasteiger charge is -2.21. The molecule has 0 radical (unpaired) electrons. The minimum absolute atomic E-state index is 0.0141. The molecule has 0 aromatic heterocycles. The minimum atomic E-state index is 0.0141. The summed E-state index contributed by atoms with van der Waals surface area (Å²) in [7, 11) is 0. The second-order valence-corrected chi connectivity index (χ2v) is 6.51. The molecule has 3 nitrogen and oxygen atoms in total. The zero-order valence-corrected chi connectivity index (χ0v) is 11.8. The van der Waals surface area contributed by atoms with E-state index in [0.29, 0.717) is 12.5 Å².